The lowest BCUT2D eigenvalue weighted by Gasteiger charge is -2.06. The van der Waals surface area contributed by atoms with Gasteiger partial charge < -0.3 is 5.32 Å². The van der Waals surface area contributed by atoms with Gasteiger partial charge in [0.2, 0.25) is 0 Å². The molecule has 1 aromatic heterocycles. The number of aromatic nitrogens is 2. The zero-order valence-corrected chi connectivity index (χ0v) is 12.5. The normalized spacial score (nSPS) is 10.6. The summed E-state index contributed by atoms with van der Waals surface area (Å²) in [6.07, 6.45) is 1.87. The van der Waals surface area contributed by atoms with Crippen LogP contribution in [0.2, 0.25) is 0 Å². The number of hydrogen-bond acceptors (Lipinski definition) is 3. The number of aryl methyl sites for hydroxylation is 1. The van der Waals surface area contributed by atoms with E-state index in [-0.39, 0.29) is 5.91 Å². The van der Waals surface area contributed by atoms with Crippen molar-refractivity contribution >= 4 is 5.91 Å². The van der Waals surface area contributed by atoms with Gasteiger partial charge in [0.05, 0.1) is 5.69 Å². The Morgan fingerprint density at radius 1 is 1.10 bits per heavy atom. The molecule has 0 saturated carbocycles. The smallest absolute Gasteiger partial charge is 0.271 e. The van der Waals surface area contributed by atoms with Gasteiger partial charge in [-0.2, -0.15) is 5.10 Å². The predicted octanol–water partition coefficient (Wildman–Crippen LogP) is 2.96. The van der Waals surface area contributed by atoms with Gasteiger partial charge in [-0.25, -0.2) is 0 Å². The first kappa shape index (κ1) is 15.2. The third-order valence-corrected chi connectivity index (χ3v) is 3.28. The molecule has 2 aromatic rings. The minimum absolute atomic E-state index is 0.161. The van der Waals surface area contributed by atoms with E-state index < -0.39 is 0 Å². The summed E-state index contributed by atoms with van der Waals surface area (Å²) in [5.74, 6) is 0.159. The number of amides is 1. The summed E-state index contributed by atoms with van der Waals surface area (Å²) in [5.41, 5.74) is 2.56. The number of rotatable bonds is 6. The summed E-state index contributed by atoms with van der Waals surface area (Å²) in [7, 11) is 0. The second kappa shape index (κ2) is 7.53. The highest BCUT2D eigenvalue weighted by molar-refractivity contribution is 5.91. The highest BCUT2D eigenvalue weighted by Crippen LogP contribution is 2.09. The standard InChI is InChI=1S/C17H21N3O/c1-13(2)15-10-11-16(20-19-15)17(21)18-12-6-9-14-7-4-3-5-8-14/h3-5,7-8,10-11,13H,6,9,12H2,1-2H3,(H,18,21). The lowest BCUT2D eigenvalue weighted by atomic mass is 10.1. The molecule has 2 rings (SSSR count). The summed E-state index contributed by atoms with van der Waals surface area (Å²) < 4.78 is 0. The Labute approximate surface area is 125 Å². The first-order valence-corrected chi connectivity index (χ1v) is 7.32. The van der Waals surface area contributed by atoms with Crippen molar-refractivity contribution in [1.82, 2.24) is 15.5 Å². The van der Waals surface area contributed by atoms with E-state index in [0.29, 0.717) is 18.2 Å². The molecule has 0 aliphatic heterocycles. The van der Waals surface area contributed by atoms with Gasteiger partial charge in [-0.3, -0.25) is 4.79 Å². The van der Waals surface area contributed by atoms with E-state index in [1.807, 2.05) is 38.1 Å². The van der Waals surface area contributed by atoms with Crippen LogP contribution < -0.4 is 5.32 Å². The van der Waals surface area contributed by atoms with Crippen molar-refractivity contribution in [2.75, 3.05) is 6.54 Å². The maximum absolute atomic E-state index is 11.9. The van der Waals surface area contributed by atoms with E-state index in [2.05, 4.69) is 27.6 Å². The van der Waals surface area contributed by atoms with E-state index in [9.17, 15) is 4.79 Å². The molecular formula is C17H21N3O. The summed E-state index contributed by atoms with van der Waals surface area (Å²) in [5, 5.41) is 10.9. The third-order valence-electron chi connectivity index (χ3n) is 3.28. The van der Waals surface area contributed by atoms with E-state index in [0.717, 1.165) is 18.5 Å². The molecule has 0 unspecified atom stereocenters. The molecular weight excluding hydrogens is 262 g/mol. The molecule has 0 radical (unpaired) electrons. The van der Waals surface area contributed by atoms with E-state index in [1.54, 1.807) is 6.07 Å². The molecule has 110 valence electrons. The number of carbonyl (C=O) groups excluding carboxylic acids is 1. The highest BCUT2D eigenvalue weighted by atomic mass is 16.1. The molecule has 0 fully saturated rings. The Morgan fingerprint density at radius 2 is 1.86 bits per heavy atom. The van der Waals surface area contributed by atoms with Gasteiger partial charge in [0.25, 0.3) is 5.91 Å². The average molecular weight is 283 g/mol. The van der Waals surface area contributed by atoms with Crippen LogP contribution in [-0.4, -0.2) is 22.6 Å². The van der Waals surface area contributed by atoms with E-state index in [4.69, 9.17) is 0 Å². The largest absolute Gasteiger partial charge is 0.351 e. The Hall–Kier alpha value is -2.23. The Morgan fingerprint density at radius 3 is 2.48 bits per heavy atom. The fourth-order valence-corrected chi connectivity index (χ4v) is 2.00. The molecule has 1 heterocycles. The molecule has 4 heteroatoms. The van der Waals surface area contributed by atoms with Crippen LogP contribution >= 0.6 is 0 Å². The summed E-state index contributed by atoms with van der Waals surface area (Å²) in [4.78, 5) is 11.9. The molecule has 0 aliphatic carbocycles. The minimum atomic E-state index is -0.161. The number of nitrogens with zero attached hydrogens (tertiary/aromatic N) is 2. The van der Waals surface area contributed by atoms with Gasteiger partial charge in [0, 0.05) is 6.54 Å². The minimum Gasteiger partial charge on any atom is -0.351 e. The third kappa shape index (κ3) is 4.67. The second-order valence-corrected chi connectivity index (χ2v) is 5.34. The first-order chi connectivity index (χ1) is 10.2. The van der Waals surface area contributed by atoms with Crippen molar-refractivity contribution in [1.29, 1.82) is 0 Å². The summed E-state index contributed by atoms with van der Waals surface area (Å²) in [6.45, 7) is 4.74. The van der Waals surface area contributed by atoms with Gasteiger partial charge in [-0.15, -0.1) is 5.10 Å². The molecule has 0 atom stereocenters. The lowest BCUT2D eigenvalue weighted by molar-refractivity contribution is 0.0947. The van der Waals surface area contributed by atoms with Crippen molar-refractivity contribution in [3.63, 3.8) is 0 Å². The summed E-state index contributed by atoms with van der Waals surface area (Å²) >= 11 is 0. The monoisotopic (exact) mass is 283 g/mol. The molecule has 1 aromatic carbocycles. The SMILES string of the molecule is CC(C)c1ccc(C(=O)NCCCc2ccccc2)nn1. The summed E-state index contributed by atoms with van der Waals surface area (Å²) in [6, 6.07) is 13.8. The maximum Gasteiger partial charge on any atom is 0.271 e. The van der Waals surface area contributed by atoms with Gasteiger partial charge in [-0.1, -0.05) is 44.2 Å². The highest BCUT2D eigenvalue weighted by Gasteiger charge is 2.08. The zero-order chi connectivity index (χ0) is 15.1. The van der Waals surface area contributed by atoms with Crippen molar-refractivity contribution in [2.24, 2.45) is 0 Å². The van der Waals surface area contributed by atoms with Crippen LogP contribution in [0.1, 0.15) is 47.9 Å². The molecule has 1 amide bonds. The molecule has 0 aliphatic rings. The molecule has 1 N–H and O–H groups in total. The van der Waals surface area contributed by atoms with Gasteiger partial charge >= 0.3 is 0 Å². The zero-order valence-electron chi connectivity index (χ0n) is 12.5. The topological polar surface area (TPSA) is 54.9 Å². The number of carbonyl (C=O) groups is 1. The van der Waals surface area contributed by atoms with Crippen LogP contribution in [0.5, 0.6) is 0 Å². The number of nitrogens with one attached hydrogen (secondary N) is 1. The molecule has 0 bridgehead atoms. The molecule has 0 saturated heterocycles. The van der Waals surface area contributed by atoms with Crippen molar-refractivity contribution in [3.05, 3.63) is 59.4 Å². The molecule has 21 heavy (non-hydrogen) atoms. The van der Waals surface area contributed by atoms with E-state index in [1.165, 1.54) is 5.56 Å². The van der Waals surface area contributed by atoms with Crippen molar-refractivity contribution < 1.29 is 4.79 Å². The molecule has 0 spiro atoms. The Kier molecular flexibility index (Phi) is 5.43. The van der Waals surface area contributed by atoms with Crippen LogP contribution in [0.15, 0.2) is 42.5 Å². The van der Waals surface area contributed by atoms with Crippen molar-refractivity contribution in [2.45, 2.75) is 32.6 Å². The second-order valence-electron chi connectivity index (χ2n) is 5.34. The number of benzene rings is 1. The van der Waals surface area contributed by atoms with Gasteiger partial charge in [0.15, 0.2) is 5.69 Å². The predicted molar refractivity (Wildman–Crippen MR) is 83.2 cm³/mol. The average Bonchev–Trinajstić information content (AvgIpc) is 2.52. The fourth-order valence-electron chi connectivity index (χ4n) is 2.00. The maximum atomic E-state index is 11.9. The quantitative estimate of drug-likeness (QED) is 0.829. The molecule has 4 nitrogen and oxygen atoms in total. The Bertz CT molecular complexity index is 564. The van der Waals surface area contributed by atoms with Gasteiger partial charge in [0.1, 0.15) is 0 Å². The van der Waals surface area contributed by atoms with Gasteiger partial charge in [-0.05, 0) is 36.5 Å². The van der Waals surface area contributed by atoms with Crippen LogP contribution in [0, 0.1) is 0 Å². The first-order valence-electron chi connectivity index (χ1n) is 7.32. The van der Waals surface area contributed by atoms with Crippen LogP contribution in [0.25, 0.3) is 0 Å². The fraction of sp³-hybridized carbons (Fsp3) is 0.353. The van der Waals surface area contributed by atoms with Crippen molar-refractivity contribution in [3.8, 4) is 0 Å². The van der Waals surface area contributed by atoms with Crippen LogP contribution in [-0.2, 0) is 6.42 Å². The van der Waals surface area contributed by atoms with Crippen LogP contribution in [0.4, 0.5) is 0 Å². The lowest BCUT2D eigenvalue weighted by Crippen LogP contribution is -2.26. The van der Waals surface area contributed by atoms with Crippen LogP contribution in [0.3, 0.4) is 0 Å². The Balaban J connectivity index is 1.76. The van der Waals surface area contributed by atoms with E-state index >= 15 is 0 Å². The number of hydrogen-bond donors (Lipinski definition) is 1.